The molecular weight excluding hydrogens is 228 g/mol. The zero-order chi connectivity index (χ0) is 9.26. The van der Waals surface area contributed by atoms with E-state index < -0.39 is 0 Å². The lowest BCUT2D eigenvalue weighted by Gasteiger charge is -2.07. The number of nitrogens with two attached hydrogens (primary N) is 1. The molecule has 0 spiro atoms. The fourth-order valence-electron chi connectivity index (χ4n) is 1.25. The summed E-state index contributed by atoms with van der Waals surface area (Å²) in [5.74, 6) is 0.893. The second kappa shape index (κ2) is 3.58. The van der Waals surface area contributed by atoms with Crippen LogP contribution >= 0.6 is 15.9 Å². The van der Waals surface area contributed by atoms with Crippen LogP contribution in [0.5, 0.6) is 0 Å². The minimum atomic E-state index is 0.795. The zero-order valence-corrected chi connectivity index (χ0v) is 8.97. The minimum Gasteiger partial charge on any atom is -0.399 e. The van der Waals surface area contributed by atoms with E-state index in [9.17, 15) is 0 Å². The van der Waals surface area contributed by atoms with Gasteiger partial charge in [0.2, 0.25) is 0 Å². The molecule has 1 aliphatic carbocycles. The molecule has 1 fully saturated rings. The molecule has 2 rings (SSSR count). The summed E-state index contributed by atoms with van der Waals surface area (Å²) in [5.41, 5.74) is 7.57. The number of benzene rings is 1. The first-order valence-electron chi connectivity index (χ1n) is 4.54. The lowest BCUT2D eigenvalue weighted by atomic mass is 10.3. The summed E-state index contributed by atoms with van der Waals surface area (Å²) in [5, 5.41) is 3.40. The molecule has 2 nitrogen and oxygen atoms in total. The van der Waals surface area contributed by atoms with Gasteiger partial charge in [0.05, 0.1) is 0 Å². The highest BCUT2D eigenvalue weighted by atomic mass is 79.9. The van der Waals surface area contributed by atoms with Gasteiger partial charge in [0.25, 0.3) is 0 Å². The van der Waals surface area contributed by atoms with Gasteiger partial charge < -0.3 is 11.1 Å². The van der Waals surface area contributed by atoms with Crippen molar-refractivity contribution in [2.75, 3.05) is 17.6 Å². The van der Waals surface area contributed by atoms with Crippen molar-refractivity contribution in [1.29, 1.82) is 0 Å². The molecule has 3 N–H and O–H groups in total. The van der Waals surface area contributed by atoms with Gasteiger partial charge in [0.15, 0.2) is 0 Å². The van der Waals surface area contributed by atoms with Crippen LogP contribution < -0.4 is 11.1 Å². The van der Waals surface area contributed by atoms with Crippen LogP contribution in [-0.2, 0) is 0 Å². The van der Waals surface area contributed by atoms with Crippen molar-refractivity contribution < 1.29 is 0 Å². The lowest BCUT2D eigenvalue weighted by Crippen LogP contribution is -2.03. The van der Waals surface area contributed by atoms with Crippen molar-refractivity contribution >= 4 is 27.3 Å². The maximum absolute atomic E-state index is 5.64. The predicted octanol–water partition coefficient (Wildman–Crippen LogP) is 2.85. The maximum Gasteiger partial charge on any atom is 0.0486 e. The molecule has 0 radical (unpaired) electrons. The van der Waals surface area contributed by atoms with E-state index in [0.717, 1.165) is 28.3 Å². The average molecular weight is 241 g/mol. The largest absolute Gasteiger partial charge is 0.399 e. The van der Waals surface area contributed by atoms with Gasteiger partial charge >= 0.3 is 0 Å². The Morgan fingerprint density at radius 2 is 2.23 bits per heavy atom. The molecule has 13 heavy (non-hydrogen) atoms. The molecule has 0 bridgehead atoms. The Balaban J connectivity index is 2.01. The molecule has 0 atom stereocenters. The first-order chi connectivity index (χ1) is 6.25. The average Bonchev–Trinajstić information content (AvgIpc) is 2.86. The van der Waals surface area contributed by atoms with Gasteiger partial charge in [0, 0.05) is 22.4 Å². The van der Waals surface area contributed by atoms with Gasteiger partial charge in [0.1, 0.15) is 0 Å². The highest BCUT2D eigenvalue weighted by Crippen LogP contribution is 2.31. The fourth-order valence-corrected chi connectivity index (χ4v) is 1.79. The van der Waals surface area contributed by atoms with Crippen molar-refractivity contribution in [3.05, 3.63) is 22.7 Å². The summed E-state index contributed by atoms with van der Waals surface area (Å²) in [7, 11) is 0. The molecule has 0 saturated heterocycles. The first kappa shape index (κ1) is 8.88. The molecule has 1 aromatic rings. The zero-order valence-electron chi connectivity index (χ0n) is 7.39. The molecule has 70 valence electrons. The Kier molecular flexibility index (Phi) is 2.44. The Hall–Kier alpha value is -0.700. The van der Waals surface area contributed by atoms with Crippen LogP contribution in [0.1, 0.15) is 12.8 Å². The van der Waals surface area contributed by atoms with Crippen LogP contribution in [0.4, 0.5) is 11.4 Å². The second-order valence-electron chi connectivity index (χ2n) is 3.56. The van der Waals surface area contributed by atoms with Crippen molar-refractivity contribution in [2.45, 2.75) is 12.8 Å². The maximum atomic E-state index is 5.64. The number of rotatable bonds is 3. The predicted molar refractivity (Wildman–Crippen MR) is 59.8 cm³/mol. The van der Waals surface area contributed by atoms with E-state index in [2.05, 4.69) is 21.2 Å². The lowest BCUT2D eigenvalue weighted by molar-refractivity contribution is 0.889. The minimum absolute atomic E-state index is 0.795. The second-order valence-corrected chi connectivity index (χ2v) is 4.42. The van der Waals surface area contributed by atoms with E-state index in [1.165, 1.54) is 12.8 Å². The summed E-state index contributed by atoms with van der Waals surface area (Å²) in [4.78, 5) is 0. The topological polar surface area (TPSA) is 38.0 Å². The normalized spacial score (nSPS) is 15.8. The van der Waals surface area contributed by atoms with E-state index >= 15 is 0 Å². The third-order valence-electron chi connectivity index (χ3n) is 2.27. The summed E-state index contributed by atoms with van der Waals surface area (Å²) in [6.45, 7) is 1.09. The van der Waals surface area contributed by atoms with E-state index in [1.54, 1.807) is 0 Å². The van der Waals surface area contributed by atoms with Gasteiger partial charge in [-0.3, -0.25) is 0 Å². The van der Waals surface area contributed by atoms with Gasteiger partial charge in [-0.25, -0.2) is 0 Å². The first-order valence-corrected chi connectivity index (χ1v) is 5.34. The van der Waals surface area contributed by atoms with E-state index in [0.29, 0.717) is 0 Å². The summed E-state index contributed by atoms with van der Waals surface area (Å²) >= 11 is 3.48. The monoisotopic (exact) mass is 240 g/mol. The Labute approximate surface area is 86.6 Å². The third-order valence-corrected chi connectivity index (χ3v) is 2.93. The molecule has 1 aliphatic rings. The Morgan fingerprint density at radius 3 is 2.85 bits per heavy atom. The number of nitrogens with one attached hydrogen (secondary N) is 1. The number of nitrogen functional groups attached to an aromatic ring is 1. The number of hydrogen-bond acceptors (Lipinski definition) is 2. The van der Waals surface area contributed by atoms with Crippen LogP contribution in [0.2, 0.25) is 0 Å². The number of anilines is 2. The van der Waals surface area contributed by atoms with Crippen molar-refractivity contribution in [3.8, 4) is 0 Å². The highest BCUT2D eigenvalue weighted by Gasteiger charge is 2.20. The summed E-state index contributed by atoms with van der Waals surface area (Å²) in [6, 6.07) is 5.86. The van der Waals surface area contributed by atoms with Crippen molar-refractivity contribution in [1.82, 2.24) is 0 Å². The van der Waals surface area contributed by atoms with E-state index in [-0.39, 0.29) is 0 Å². The molecule has 0 amide bonds. The molecule has 3 heteroatoms. The van der Waals surface area contributed by atoms with Crippen molar-refractivity contribution in [3.63, 3.8) is 0 Å². The van der Waals surface area contributed by atoms with Crippen LogP contribution in [-0.4, -0.2) is 6.54 Å². The third kappa shape index (κ3) is 2.37. The van der Waals surface area contributed by atoms with Gasteiger partial charge in [-0.15, -0.1) is 0 Å². The van der Waals surface area contributed by atoms with Gasteiger partial charge in [-0.1, -0.05) is 0 Å². The number of halogens is 1. The quantitative estimate of drug-likeness (QED) is 0.798. The molecular formula is C10H13BrN2. The smallest absolute Gasteiger partial charge is 0.0486 e. The molecule has 0 heterocycles. The molecule has 1 saturated carbocycles. The van der Waals surface area contributed by atoms with E-state index in [4.69, 9.17) is 5.73 Å². The Morgan fingerprint density at radius 1 is 1.46 bits per heavy atom. The van der Waals surface area contributed by atoms with Crippen LogP contribution in [0, 0.1) is 5.92 Å². The number of hydrogen-bond donors (Lipinski definition) is 2. The standard InChI is InChI=1S/C10H13BrN2/c11-9-5-8(12)3-4-10(9)13-6-7-1-2-7/h3-5,7,13H,1-2,6,12H2. The van der Waals surface area contributed by atoms with Crippen LogP contribution in [0.15, 0.2) is 22.7 Å². The van der Waals surface area contributed by atoms with Crippen LogP contribution in [0.3, 0.4) is 0 Å². The Bertz CT molecular complexity index is 308. The van der Waals surface area contributed by atoms with Gasteiger partial charge in [-0.05, 0) is 52.9 Å². The summed E-state index contributed by atoms with van der Waals surface area (Å²) < 4.78 is 1.05. The van der Waals surface area contributed by atoms with E-state index in [1.807, 2.05) is 18.2 Å². The van der Waals surface area contributed by atoms with Crippen molar-refractivity contribution in [2.24, 2.45) is 5.92 Å². The van der Waals surface area contributed by atoms with Crippen LogP contribution in [0.25, 0.3) is 0 Å². The molecule has 0 aliphatic heterocycles. The molecule has 0 unspecified atom stereocenters. The highest BCUT2D eigenvalue weighted by molar-refractivity contribution is 9.10. The van der Waals surface area contributed by atoms with Gasteiger partial charge in [-0.2, -0.15) is 0 Å². The molecule has 1 aromatic carbocycles. The fraction of sp³-hybridized carbons (Fsp3) is 0.400. The SMILES string of the molecule is Nc1ccc(NCC2CC2)c(Br)c1. The molecule has 0 aromatic heterocycles. The summed E-state index contributed by atoms with van der Waals surface area (Å²) in [6.07, 6.45) is 2.75.